The van der Waals surface area contributed by atoms with Crippen molar-refractivity contribution in [2.75, 3.05) is 14.2 Å². The molecule has 0 bridgehead atoms. The van der Waals surface area contributed by atoms with E-state index in [0.717, 1.165) is 29.2 Å². The van der Waals surface area contributed by atoms with Gasteiger partial charge in [-0.15, -0.1) is 0 Å². The van der Waals surface area contributed by atoms with E-state index in [9.17, 15) is 4.79 Å². The van der Waals surface area contributed by atoms with Crippen LogP contribution in [-0.4, -0.2) is 28.4 Å². The van der Waals surface area contributed by atoms with Crippen molar-refractivity contribution in [3.05, 3.63) is 75.3 Å². The minimum Gasteiger partial charge on any atom is -0.496 e. The monoisotopic (exact) mass is 337 g/mol. The Morgan fingerprint density at radius 2 is 1.92 bits per heavy atom. The SMILES string of the molecule is COc1ccc(C)cc1CN(C)Cc1cc(=O)n2c(C)cccc2n1. The van der Waals surface area contributed by atoms with E-state index in [1.807, 2.05) is 44.3 Å². The maximum absolute atomic E-state index is 12.4. The molecule has 0 amide bonds. The maximum Gasteiger partial charge on any atom is 0.258 e. The molecule has 0 saturated heterocycles. The van der Waals surface area contributed by atoms with Crippen molar-refractivity contribution in [2.45, 2.75) is 26.9 Å². The first kappa shape index (κ1) is 17.2. The third-order valence-corrected chi connectivity index (χ3v) is 4.24. The molecule has 2 aromatic heterocycles. The molecule has 1 aromatic carbocycles. The lowest BCUT2D eigenvalue weighted by Crippen LogP contribution is -2.22. The van der Waals surface area contributed by atoms with Crippen LogP contribution in [0.3, 0.4) is 0 Å². The summed E-state index contributed by atoms with van der Waals surface area (Å²) in [6.45, 7) is 5.29. The van der Waals surface area contributed by atoms with Crippen LogP contribution in [0.4, 0.5) is 0 Å². The molecule has 25 heavy (non-hydrogen) atoms. The molecule has 0 spiro atoms. The second kappa shape index (κ2) is 7.07. The van der Waals surface area contributed by atoms with Gasteiger partial charge in [0, 0.05) is 30.4 Å². The first-order valence-corrected chi connectivity index (χ1v) is 8.28. The van der Waals surface area contributed by atoms with E-state index >= 15 is 0 Å². The number of benzene rings is 1. The zero-order valence-corrected chi connectivity index (χ0v) is 15.1. The van der Waals surface area contributed by atoms with E-state index < -0.39 is 0 Å². The van der Waals surface area contributed by atoms with Gasteiger partial charge < -0.3 is 4.74 Å². The Kier molecular flexibility index (Phi) is 4.86. The van der Waals surface area contributed by atoms with Crippen LogP contribution < -0.4 is 10.3 Å². The van der Waals surface area contributed by atoms with Crippen LogP contribution in [0.1, 0.15) is 22.5 Å². The topological polar surface area (TPSA) is 46.8 Å². The van der Waals surface area contributed by atoms with Crippen molar-refractivity contribution in [3.63, 3.8) is 0 Å². The molecule has 0 N–H and O–H groups in total. The molecule has 0 aliphatic rings. The standard InChI is InChI=1S/C20H23N3O2/c1-14-8-9-18(25-4)16(10-14)12-22(3)13-17-11-20(24)23-15(2)6-5-7-19(23)21-17/h5-11H,12-13H2,1-4H3. The van der Waals surface area contributed by atoms with Crippen LogP contribution in [-0.2, 0) is 13.1 Å². The predicted molar refractivity (Wildman–Crippen MR) is 99.1 cm³/mol. The van der Waals surface area contributed by atoms with Crippen molar-refractivity contribution in [1.82, 2.24) is 14.3 Å². The number of hydrogen-bond donors (Lipinski definition) is 0. The van der Waals surface area contributed by atoms with E-state index in [4.69, 9.17) is 4.74 Å². The van der Waals surface area contributed by atoms with Crippen molar-refractivity contribution in [2.24, 2.45) is 0 Å². The van der Waals surface area contributed by atoms with E-state index in [2.05, 4.69) is 22.9 Å². The highest BCUT2D eigenvalue weighted by Crippen LogP contribution is 2.21. The quantitative estimate of drug-likeness (QED) is 0.718. The van der Waals surface area contributed by atoms with Gasteiger partial charge >= 0.3 is 0 Å². The molecule has 5 nitrogen and oxygen atoms in total. The van der Waals surface area contributed by atoms with Crippen molar-refractivity contribution < 1.29 is 4.74 Å². The van der Waals surface area contributed by atoms with Crippen molar-refractivity contribution >= 4 is 5.65 Å². The first-order chi connectivity index (χ1) is 12.0. The summed E-state index contributed by atoms with van der Waals surface area (Å²) in [6, 6.07) is 13.5. The summed E-state index contributed by atoms with van der Waals surface area (Å²) in [6.07, 6.45) is 0. The largest absolute Gasteiger partial charge is 0.496 e. The summed E-state index contributed by atoms with van der Waals surface area (Å²) < 4.78 is 7.08. The molecule has 130 valence electrons. The molecule has 0 atom stereocenters. The third-order valence-electron chi connectivity index (χ3n) is 4.24. The van der Waals surface area contributed by atoms with Gasteiger partial charge in [-0.25, -0.2) is 4.98 Å². The van der Waals surface area contributed by atoms with Crippen LogP contribution in [0.25, 0.3) is 5.65 Å². The Bertz CT molecular complexity index is 963. The molecular formula is C20H23N3O2. The average Bonchev–Trinajstić information content (AvgIpc) is 2.54. The van der Waals surface area contributed by atoms with Gasteiger partial charge in [0.25, 0.3) is 5.56 Å². The lowest BCUT2D eigenvalue weighted by atomic mass is 10.1. The zero-order valence-electron chi connectivity index (χ0n) is 15.1. The summed E-state index contributed by atoms with van der Waals surface area (Å²) in [7, 11) is 3.70. The fraction of sp³-hybridized carbons (Fsp3) is 0.300. The number of fused-ring (bicyclic) bond motifs is 1. The van der Waals surface area contributed by atoms with Gasteiger partial charge in [0.1, 0.15) is 11.4 Å². The van der Waals surface area contributed by atoms with E-state index in [0.29, 0.717) is 12.2 Å². The molecular weight excluding hydrogens is 314 g/mol. The second-order valence-electron chi connectivity index (χ2n) is 6.43. The number of nitrogens with zero attached hydrogens (tertiary/aromatic N) is 3. The van der Waals surface area contributed by atoms with E-state index in [1.54, 1.807) is 17.6 Å². The third kappa shape index (κ3) is 3.72. The molecule has 5 heteroatoms. The van der Waals surface area contributed by atoms with E-state index in [1.165, 1.54) is 5.56 Å². The highest BCUT2D eigenvalue weighted by Gasteiger charge is 2.10. The van der Waals surface area contributed by atoms with Crippen LogP contribution >= 0.6 is 0 Å². The van der Waals surface area contributed by atoms with Gasteiger partial charge in [0.2, 0.25) is 0 Å². The molecule has 2 heterocycles. The average molecular weight is 337 g/mol. The molecule has 0 radical (unpaired) electrons. The summed E-state index contributed by atoms with van der Waals surface area (Å²) in [5.41, 5.74) is 4.62. The Morgan fingerprint density at radius 1 is 1.12 bits per heavy atom. The smallest absolute Gasteiger partial charge is 0.258 e. The summed E-state index contributed by atoms with van der Waals surface area (Å²) in [5.74, 6) is 0.875. The highest BCUT2D eigenvalue weighted by atomic mass is 16.5. The lowest BCUT2D eigenvalue weighted by Gasteiger charge is -2.19. The number of ether oxygens (including phenoxy) is 1. The van der Waals surface area contributed by atoms with Gasteiger partial charge in [-0.2, -0.15) is 0 Å². The molecule has 0 fully saturated rings. The summed E-state index contributed by atoms with van der Waals surface area (Å²) in [5, 5.41) is 0. The Hall–Kier alpha value is -2.66. The number of aryl methyl sites for hydroxylation is 2. The van der Waals surface area contributed by atoms with Crippen LogP contribution in [0.15, 0.2) is 47.3 Å². The van der Waals surface area contributed by atoms with Crippen LogP contribution in [0.5, 0.6) is 5.75 Å². The van der Waals surface area contributed by atoms with Crippen LogP contribution in [0, 0.1) is 13.8 Å². The van der Waals surface area contributed by atoms with Gasteiger partial charge in [0.05, 0.1) is 12.8 Å². The molecule has 0 unspecified atom stereocenters. The minimum absolute atomic E-state index is 0.0420. The van der Waals surface area contributed by atoms with Gasteiger partial charge in [0.15, 0.2) is 0 Å². The number of pyridine rings is 1. The molecule has 0 aliphatic carbocycles. The molecule has 3 rings (SSSR count). The molecule has 0 aliphatic heterocycles. The first-order valence-electron chi connectivity index (χ1n) is 8.28. The lowest BCUT2D eigenvalue weighted by molar-refractivity contribution is 0.306. The van der Waals surface area contributed by atoms with Gasteiger partial charge in [-0.1, -0.05) is 23.8 Å². The number of rotatable bonds is 5. The Morgan fingerprint density at radius 3 is 2.68 bits per heavy atom. The fourth-order valence-corrected chi connectivity index (χ4v) is 3.10. The maximum atomic E-state index is 12.4. The fourth-order valence-electron chi connectivity index (χ4n) is 3.10. The number of methoxy groups -OCH3 is 1. The highest BCUT2D eigenvalue weighted by molar-refractivity contribution is 5.40. The zero-order chi connectivity index (χ0) is 18.0. The molecule has 3 aromatic rings. The summed E-state index contributed by atoms with van der Waals surface area (Å²) >= 11 is 0. The van der Waals surface area contributed by atoms with E-state index in [-0.39, 0.29) is 5.56 Å². The number of aromatic nitrogens is 2. The second-order valence-corrected chi connectivity index (χ2v) is 6.43. The Balaban J connectivity index is 1.84. The van der Waals surface area contributed by atoms with Crippen LogP contribution in [0.2, 0.25) is 0 Å². The Labute approximate surface area is 147 Å². The van der Waals surface area contributed by atoms with Crippen molar-refractivity contribution in [1.29, 1.82) is 0 Å². The predicted octanol–water partition coefficient (Wildman–Crippen LogP) is 2.95. The minimum atomic E-state index is -0.0420. The van der Waals surface area contributed by atoms with Gasteiger partial charge in [-0.3, -0.25) is 14.1 Å². The summed E-state index contributed by atoms with van der Waals surface area (Å²) in [4.78, 5) is 19.1. The number of hydrogen-bond acceptors (Lipinski definition) is 4. The molecule has 0 saturated carbocycles. The van der Waals surface area contributed by atoms with Gasteiger partial charge in [-0.05, 0) is 39.1 Å². The van der Waals surface area contributed by atoms with Crippen molar-refractivity contribution in [3.8, 4) is 5.75 Å². The normalized spacial score (nSPS) is 11.2.